The molecule has 0 aliphatic carbocycles. The van der Waals surface area contributed by atoms with Gasteiger partial charge in [0.05, 0.1) is 41.7 Å². The van der Waals surface area contributed by atoms with Gasteiger partial charge in [-0.3, -0.25) is 4.79 Å². The van der Waals surface area contributed by atoms with Gasteiger partial charge in [0.25, 0.3) is 5.56 Å². The Morgan fingerprint density at radius 2 is 2.17 bits per heavy atom. The van der Waals surface area contributed by atoms with E-state index in [4.69, 9.17) is 14.5 Å². The molecule has 1 unspecified atom stereocenters. The molecule has 3 aromatic rings. The Balaban J connectivity index is 1.82. The Labute approximate surface area is 170 Å². The van der Waals surface area contributed by atoms with E-state index < -0.39 is 11.6 Å². The van der Waals surface area contributed by atoms with E-state index in [0.29, 0.717) is 33.6 Å². The number of fused-ring (bicyclic) bond motifs is 5. The SMILES string of the molecule is CCC1(O)C(=O)OCc2c1cc1n(c2=O)Cc2cc3c(OC)ccc(C#N)c3nc2-1. The highest BCUT2D eigenvalue weighted by molar-refractivity contribution is 5.93. The van der Waals surface area contributed by atoms with Crippen molar-refractivity contribution >= 4 is 16.9 Å². The van der Waals surface area contributed by atoms with Crippen LogP contribution in [0.3, 0.4) is 0 Å². The van der Waals surface area contributed by atoms with Crippen LogP contribution < -0.4 is 10.3 Å². The van der Waals surface area contributed by atoms with E-state index >= 15 is 0 Å². The molecule has 0 saturated carbocycles. The molecule has 2 aliphatic rings. The van der Waals surface area contributed by atoms with Crippen molar-refractivity contribution in [3.05, 3.63) is 56.9 Å². The van der Waals surface area contributed by atoms with Crippen LogP contribution in [0.15, 0.2) is 29.1 Å². The number of benzene rings is 1. The summed E-state index contributed by atoms with van der Waals surface area (Å²) in [5.41, 5.74) is 1.05. The third kappa shape index (κ3) is 2.21. The second-order valence-electron chi connectivity index (χ2n) is 7.42. The standard InChI is InChI=1S/C22H17N3O5/c1-3-22(28)15-7-16-19-12(9-25(16)20(26)14(15)10-30-21(22)27)6-13-17(29-2)5-4-11(8-23)18(13)24-19/h4-7,28H,3,9-10H2,1-2H3. The number of esters is 1. The molecule has 1 aromatic carbocycles. The lowest BCUT2D eigenvalue weighted by molar-refractivity contribution is -0.172. The quantitative estimate of drug-likeness (QED) is 0.509. The van der Waals surface area contributed by atoms with Crippen LogP contribution in [-0.2, 0) is 28.3 Å². The van der Waals surface area contributed by atoms with Crippen molar-refractivity contribution in [3.8, 4) is 23.2 Å². The number of rotatable bonds is 2. The van der Waals surface area contributed by atoms with Gasteiger partial charge in [0.1, 0.15) is 18.4 Å². The first-order valence-electron chi connectivity index (χ1n) is 9.50. The first kappa shape index (κ1) is 18.3. The number of aromatic nitrogens is 2. The molecule has 1 atom stereocenters. The molecule has 2 aliphatic heterocycles. The Morgan fingerprint density at radius 3 is 2.87 bits per heavy atom. The average Bonchev–Trinajstić information content (AvgIpc) is 3.12. The minimum absolute atomic E-state index is 0.0789. The van der Waals surface area contributed by atoms with Gasteiger partial charge in [-0.15, -0.1) is 0 Å². The highest BCUT2D eigenvalue weighted by Crippen LogP contribution is 2.40. The molecule has 0 saturated heterocycles. The molecule has 0 bridgehead atoms. The van der Waals surface area contributed by atoms with Crippen molar-refractivity contribution in [2.75, 3.05) is 7.11 Å². The number of nitrogens with zero attached hydrogens (tertiary/aromatic N) is 3. The minimum atomic E-state index is -1.87. The van der Waals surface area contributed by atoms with Crippen molar-refractivity contribution in [2.24, 2.45) is 0 Å². The molecule has 0 radical (unpaired) electrons. The molecule has 0 fully saturated rings. The monoisotopic (exact) mass is 403 g/mol. The zero-order chi connectivity index (χ0) is 21.2. The molecular formula is C22H17N3O5. The van der Waals surface area contributed by atoms with Crippen LogP contribution in [0.2, 0.25) is 0 Å². The summed E-state index contributed by atoms with van der Waals surface area (Å²) in [5.74, 6) is -0.177. The van der Waals surface area contributed by atoms with Crippen molar-refractivity contribution in [3.63, 3.8) is 0 Å². The summed E-state index contributed by atoms with van der Waals surface area (Å²) < 4.78 is 12.1. The third-order valence-electron chi connectivity index (χ3n) is 5.98. The Hall–Kier alpha value is -3.70. The maximum atomic E-state index is 13.2. The van der Waals surface area contributed by atoms with E-state index in [1.54, 1.807) is 36.8 Å². The zero-order valence-corrected chi connectivity index (χ0v) is 16.4. The third-order valence-corrected chi connectivity index (χ3v) is 5.98. The van der Waals surface area contributed by atoms with Gasteiger partial charge < -0.3 is 19.1 Å². The van der Waals surface area contributed by atoms with Crippen molar-refractivity contribution in [1.29, 1.82) is 5.26 Å². The summed E-state index contributed by atoms with van der Waals surface area (Å²) in [6, 6.07) is 9.01. The summed E-state index contributed by atoms with van der Waals surface area (Å²) in [5, 5.41) is 21.1. The molecule has 30 heavy (non-hydrogen) atoms. The summed E-state index contributed by atoms with van der Waals surface area (Å²) in [7, 11) is 1.55. The van der Waals surface area contributed by atoms with E-state index in [1.165, 1.54) is 0 Å². The molecule has 1 N–H and O–H groups in total. The van der Waals surface area contributed by atoms with Crippen LogP contribution in [0.25, 0.3) is 22.3 Å². The number of pyridine rings is 2. The smallest absolute Gasteiger partial charge is 0.343 e. The topological polar surface area (TPSA) is 114 Å². The molecule has 4 heterocycles. The van der Waals surface area contributed by atoms with E-state index in [-0.39, 0.29) is 36.3 Å². The maximum Gasteiger partial charge on any atom is 0.343 e. The summed E-state index contributed by atoms with van der Waals surface area (Å²) in [4.78, 5) is 30.1. The maximum absolute atomic E-state index is 13.2. The fourth-order valence-corrected chi connectivity index (χ4v) is 4.31. The lowest BCUT2D eigenvalue weighted by Crippen LogP contribution is -2.44. The van der Waals surface area contributed by atoms with Gasteiger partial charge >= 0.3 is 5.97 Å². The van der Waals surface area contributed by atoms with Crippen LogP contribution in [-0.4, -0.2) is 27.7 Å². The normalized spacial score (nSPS) is 18.9. The second kappa shape index (κ2) is 6.15. The van der Waals surface area contributed by atoms with E-state index in [1.807, 2.05) is 6.07 Å². The molecule has 0 spiro atoms. The highest BCUT2D eigenvalue weighted by Gasteiger charge is 2.45. The molecule has 2 aromatic heterocycles. The molecule has 0 amide bonds. The number of carbonyl (C=O) groups excluding carboxylic acids is 1. The minimum Gasteiger partial charge on any atom is -0.496 e. The molecule has 5 rings (SSSR count). The van der Waals surface area contributed by atoms with Gasteiger partial charge in [0, 0.05) is 16.5 Å². The van der Waals surface area contributed by atoms with Crippen molar-refractivity contribution in [2.45, 2.75) is 32.1 Å². The molecule has 150 valence electrons. The predicted octanol–water partition coefficient (Wildman–Crippen LogP) is 1.96. The molecular weight excluding hydrogens is 386 g/mol. The van der Waals surface area contributed by atoms with Crippen LogP contribution in [0.5, 0.6) is 5.75 Å². The predicted molar refractivity (Wildman–Crippen MR) is 106 cm³/mol. The molecule has 8 nitrogen and oxygen atoms in total. The first-order chi connectivity index (χ1) is 14.4. The van der Waals surface area contributed by atoms with E-state index in [0.717, 1.165) is 5.56 Å². The summed E-state index contributed by atoms with van der Waals surface area (Å²) in [6.07, 6.45) is 0.0789. The number of cyclic esters (lactones) is 1. The number of methoxy groups -OCH3 is 1. The number of ether oxygens (including phenoxy) is 2. The Kier molecular flexibility index (Phi) is 3.76. The first-order valence-corrected chi connectivity index (χ1v) is 9.50. The molecule has 8 heteroatoms. The largest absolute Gasteiger partial charge is 0.496 e. The van der Waals surface area contributed by atoms with Gasteiger partial charge in [0.15, 0.2) is 5.60 Å². The number of hydrogen-bond donors (Lipinski definition) is 1. The number of aliphatic hydroxyl groups is 1. The Morgan fingerprint density at radius 1 is 1.37 bits per heavy atom. The zero-order valence-electron chi connectivity index (χ0n) is 16.4. The fraction of sp³-hybridized carbons (Fsp3) is 0.273. The van der Waals surface area contributed by atoms with Gasteiger partial charge in [-0.2, -0.15) is 5.26 Å². The van der Waals surface area contributed by atoms with Crippen molar-refractivity contribution < 1.29 is 19.4 Å². The van der Waals surface area contributed by atoms with Gasteiger partial charge in [-0.1, -0.05) is 6.92 Å². The van der Waals surface area contributed by atoms with Gasteiger partial charge in [-0.05, 0) is 30.7 Å². The second-order valence-corrected chi connectivity index (χ2v) is 7.42. The number of hydrogen-bond acceptors (Lipinski definition) is 7. The summed E-state index contributed by atoms with van der Waals surface area (Å²) in [6.45, 7) is 1.78. The fourth-order valence-electron chi connectivity index (χ4n) is 4.31. The Bertz CT molecular complexity index is 1370. The summed E-state index contributed by atoms with van der Waals surface area (Å²) >= 11 is 0. The lowest BCUT2D eigenvalue weighted by atomic mass is 9.86. The van der Waals surface area contributed by atoms with Crippen LogP contribution in [0.4, 0.5) is 0 Å². The van der Waals surface area contributed by atoms with E-state index in [9.17, 15) is 20.0 Å². The lowest BCUT2D eigenvalue weighted by Gasteiger charge is -2.31. The van der Waals surface area contributed by atoms with Crippen LogP contribution in [0.1, 0.15) is 35.6 Å². The van der Waals surface area contributed by atoms with E-state index in [2.05, 4.69) is 6.07 Å². The van der Waals surface area contributed by atoms with Gasteiger partial charge in [0.2, 0.25) is 0 Å². The highest BCUT2D eigenvalue weighted by atomic mass is 16.6. The van der Waals surface area contributed by atoms with Crippen LogP contribution >= 0.6 is 0 Å². The van der Waals surface area contributed by atoms with Crippen molar-refractivity contribution in [1.82, 2.24) is 9.55 Å². The number of nitriles is 1. The average molecular weight is 403 g/mol. The van der Waals surface area contributed by atoms with Crippen LogP contribution in [0, 0.1) is 11.3 Å². The number of carbonyl (C=O) groups is 1. The van der Waals surface area contributed by atoms with Gasteiger partial charge in [-0.25, -0.2) is 9.78 Å².